The summed E-state index contributed by atoms with van der Waals surface area (Å²) in [6.45, 7) is 14.0. The summed E-state index contributed by atoms with van der Waals surface area (Å²) in [7, 11) is -3.72. The number of sulfonamides is 1. The van der Waals surface area contributed by atoms with Crippen LogP contribution in [0, 0.1) is 0 Å². The summed E-state index contributed by atoms with van der Waals surface area (Å²) in [5, 5.41) is 0.517. The number of nitrogens with one attached hydrogen (secondary N) is 1. The van der Waals surface area contributed by atoms with Crippen LogP contribution in [0.15, 0.2) is 51.8 Å². The summed E-state index contributed by atoms with van der Waals surface area (Å²) in [6, 6.07) is 11.7. The van der Waals surface area contributed by atoms with Crippen molar-refractivity contribution in [2.75, 3.05) is 26.2 Å². The Morgan fingerprint density at radius 1 is 0.902 bits per heavy atom. The Bertz CT molecular complexity index is 1340. The van der Waals surface area contributed by atoms with Crippen molar-refractivity contribution in [3.8, 4) is 5.75 Å². The molecule has 0 aliphatic rings. The molecular formula is C33H48N2O5S. The van der Waals surface area contributed by atoms with Gasteiger partial charge in [-0.1, -0.05) is 40.0 Å². The highest BCUT2D eigenvalue weighted by Gasteiger charge is 2.24. The summed E-state index contributed by atoms with van der Waals surface area (Å²) in [4.78, 5) is 16.4. The van der Waals surface area contributed by atoms with Gasteiger partial charge in [-0.3, -0.25) is 4.79 Å². The number of ketones is 1. The molecule has 2 aromatic carbocycles. The zero-order chi connectivity index (χ0) is 29.8. The highest BCUT2D eigenvalue weighted by molar-refractivity contribution is 7.89. The van der Waals surface area contributed by atoms with Gasteiger partial charge in [-0.2, -0.15) is 0 Å². The molecule has 0 saturated heterocycles. The van der Waals surface area contributed by atoms with E-state index < -0.39 is 10.0 Å². The maximum Gasteiger partial charge on any atom is 0.240 e. The lowest BCUT2D eigenvalue weighted by Crippen LogP contribution is -2.30. The van der Waals surface area contributed by atoms with E-state index in [4.69, 9.17) is 9.15 Å². The molecule has 3 rings (SSSR count). The predicted molar refractivity (Wildman–Crippen MR) is 167 cm³/mol. The topological polar surface area (TPSA) is 88.8 Å². The van der Waals surface area contributed by atoms with Crippen molar-refractivity contribution in [1.29, 1.82) is 0 Å². The van der Waals surface area contributed by atoms with E-state index in [1.54, 1.807) is 38.1 Å². The first-order chi connectivity index (χ1) is 19.7. The molecule has 7 nitrogen and oxygen atoms in total. The molecule has 3 aromatic rings. The van der Waals surface area contributed by atoms with Crippen LogP contribution in [0.4, 0.5) is 0 Å². The lowest BCUT2D eigenvalue weighted by Gasteiger charge is -2.21. The predicted octanol–water partition coefficient (Wildman–Crippen LogP) is 7.36. The van der Waals surface area contributed by atoms with Gasteiger partial charge in [0.2, 0.25) is 10.0 Å². The van der Waals surface area contributed by atoms with E-state index in [2.05, 4.69) is 30.4 Å². The van der Waals surface area contributed by atoms with E-state index in [-0.39, 0.29) is 16.7 Å². The maximum atomic E-state index is 13.8. The first-order valence-corrected chi connectivity index (χ1v) is 16.8. The number of benzene rings is 2. The normalized spacial score (nSPS) is 12.1. The second-order valence-corrected chi connectivity index (χ2v) is 12.8. The third kappa shape index (κ3) is 9.42. The molecule has 0 aliphatic heterocycles. The van der Waals surface area contributed by atoms with E-state index in [9.17, 15) is 13.2 Å². The molecule has 1 aromatic heterocycles. The molecule has 0 unspecified atom stereocenters. The summed E-state index contributed by atoms with van der Waals surface area (Å²) in [6.07, 6.45) is 8.21. The molecular weight excluding hydrogens is 536 g/mol. The second kappa shape index (κ2) is 16.1. The van der Waals surface area contributed by atoms with Crippen molar-refractivity contribution >= 4 is 26.8 Å². The van der Waals surface area contributed by atoms with Crippen molar-refractivity contribution < 1.29 is 22.4 Å². The average Bonchev–Trinajstić information content (AvgIpc) is 3.32. The highest BCUT2D eigenvalue weighted by Crippen LogP contribution is 2.32. The van der Waals surface area contributed by atoms with Crippen molar-refractivity contribution in [3.63, 3.8) is 0 Å². The van der Waals surface area contributed by atoms with Gasteiger partial charge >= 0.3 is 0 Å². The van der Waals surface area contributed by atoms with Gasteiger partial charge in [0, 0.05) is 30.0 Å². The Morgan fingerprint density at radius 2 is 1.54 bits per heavy atom. The number of hydrogen-bond donors (Lipinski definition) is 1. The van der Waals surface area contributed by atoms with Crippen LogP contribution in [0.3, 0.4) is 0 Å². The number of furan rings is 1. The molecule has 0 spiro atoms. The molecule has 226 valence electrons. The molecule has 1 N–H and O–H groups in total. The fourth-order valence-corrected chi connectivity index (χ4v) is 6.14. The quantitative estimate of drug-likeness (QED) is 0.117. The monoisotopic (exact) mass is 584 g/mol. The van der Waals surface area contributed by atoms with Crippen LogP contribution in [0.5, 0.6) is 5.75 Å². The summed E-state index contributed by atoms with van der Waals surface area (Å²) in [5.41, 5.74) is 1.45. The van der Waals surface area contributed by atoms with E-state index in [0.717, 1.165) is 44.6 Å². The number of hydrogen-bond acceptors (Lipinski definition) is 6. The number of unbranched alkanes of at least 4 members (excludes halogenated alkanes) is 3. The van der Waals surface area contributed by atoms with Gasteiger partial charge in [-0.05, 0) is 95.1 Å². The number of carbonyl (C=O) groups excluding carboxylic acids is 1. The molecule has 0 saturated carbocycles. The minimum atomic E-state index is -3.72. The van der Waals surface area contributed by atoms with Crippen molar-refractivity contribution in [2.45, 2.75) is 96.9 Å². The zero-order valence-electron chi connectivity index (χ0n) is 25.5. The van der Waals surface area contributed by atoms with Crippen LogP contribution in [0.2, 0.25) is 0 Å². The largest absolute Gasteiger partial charge is 0.494 e. The zero-order valence-corrected chi connectivity index (χ0v) is 26.3. The van der Waals surface area contributed by atoms with Crippen LogP contribution in [0.25, 0.3) is 11.0 Å². The minimum Gasteiger partial charge on any atom is -0.494 e. The molecule has 41 heavy (non-hydrogen) atoms. The lowest BCUT2D eigenvalue weighted by molar-refractivity contribution is 0.103. The van der Waals surface area contributed by atoms with E-state index in [1.165, 1.54) is 31.7 Å². The minimum absolute atomic E-state index is 0.113. The van der Waals surface area contributed by atoms with Crippen LogP contribution in [-0.2, 0) is 16.4 Å². The standard InChI is InChI=1S/C33H48N2O5S/c1-6-9-13-31-32(29-24-28(18-19-30(29)40-31)41(37,38)34-25(4)5)33(36)26-14-16-27(17-15-26)39-23-12-22-35(20-10-7-2)21-11-8-3/h14-19,24-25,34H,6-13,20-23H2,1-5H3. The van der Waals surface area contributed by atoms with Crippen LogP contribution in [-0.4, -0.2) is 51.4 Å². The molecule has 0 atom stereocenters. The smallest absolute Gasteiger partial charge is 0.240 e. The second-order valence-electron chi connectivity index (χ2n) is 11.0. The third-order valence-corrected chi connectivity index (χ3v) is 8.73. The van der Waals surface area contributed by atoms with Gasteiger partial charge in [0.25, 0.3) is 0 Å². The van der Waals surface area contributed by atoms with E-state index in [0.29, 0.717) is 40.9 Å². The Labute approximate surface area is 246 Å². The first-order valence-electron chi connectivity index (χ1n) is 15.3. The maximum absolute atomic E-state index is 13.8. The van der Waals surface area contributed by atoms with Gasteiger partial charge in [-0.25, -0.2) is 13.1 Å². The number of carbonyl (C=O) groups is 1. The van der Waals surface area contributed by atoms with Gasteiger partial charge in [-0.15, -0.1) is 0 Å². The highest BCUT2D eigenvalue weighted by atomic mass is 32.2. The molecule has 1 heterocycles. The fourth-order valence-electron chi connectivity index (χ4n) is 4.86. The van der Waals surface area contributed by atoms with E-state index >= 15 is 0 Å². The fraction of sp³-hybridized carbons (Fsp3) is 0.545. The Kier molecular flexibility index (Phi) is 12.9. The van der Waals surface area contributed by atoms with Crippen LogP contribution < -0.4 is 9.46 Å². The van der Waals surface area contributed by atoms with Crippen molar-refractivity contribution in [1.82, 2.24) is 9.62 Å². The van der Waals surface area contributed by atoms with Crippen LogP contribution in [0.1, 0.15) is 101 Å². The van der Waals surface area contributed by atoms with Gasteiger partial charge in [0.1, 0.15) is 17.1 Å². The Morgan fingerprint density at radius 3 is 2.15 bits per heavy atom. The third-order valence-electron chi connectivity index (χ3n) is 7.08. The summed E-state index contributed by atoms with van der Waals surface area (Å²) in [5.74, 6) is 1.14. The number of aryl methyl sites for hydroxylation is 1. The molecule has 0 bridgehead atoms. The number of ether oxygens (including phenoxy) is 1. The average molecular weight is 585 g/mol. The van der Waals surface area contributed by atoms with Gasteiger partial charge in [0.05, 0.1) is 17.1 Å². The van der Waals surface area contributed by atoms with Gasteiger partial charge < -0.3 is 14.1 Å². The SMILES string of the molecule is CCCCc1oc2ccc(S(=O)(=O)NC(C)C)cc2c1C(=O)c1ccc(OCCCN(CCCC)CCCC)cc1. The Hall–Kier alpha value is -2.68. The van der Waals surface area contributed by atoms with E-state index in [1.807, 2.05) is 12.1 Å². The summed E-state index contributed by atoms with van der Waals surface area (Å²) >= 11 is 0. The molecule has 0 fully saturated rings. The van der Waals surface area contributed by atoms with Crippen LogP contribution >= 0.6 is 0 Å². The number of fused-ring (bicyclic) bond motifs is 1. The summed E-state index contributed by atoms with van der Waals surface area (Å²) < 4.78 is 40.4. The molecule has 0 radical (unpaired) electrons. The number of nitrogens with zero attached hydrogens (tertiary/aromatic N) is 1. The van der Waals surface area contributed by atoms with Gasteiger partial charge in [0.15, 0.2) is 5.78 Å². The number of rotatable bonds is 19. The van der Waals surface area contributed by atoms with Crippen molar-refractivity contribution in [2.24, 2.45) is 0 Å². The first kappa shape index (κ1) is 32.8. The Balaban J connectivity index is 1.76. The molecule has 0 aliphatic carbocycles. The lowest BCUT2D eigenvalue weighted by atomic mass is 9.98. The van der Waals surface area contributed by atoms with Crippen molar-refractivity contribution in [3.05, 3.63) is 59.4 Å². The molecule has 0 amide bonds. The molecule has 8 heteroatoms.